The maximum absolute atomic E-state index is 12.7. The predicted octanol–water partition coefficient (Wildman–Crippen LogP) is 15.2. The largest absolute Gasteiger partial charge is 0.465 e. The number of unbranched alkanes of at least 4 members (excludes halogenated alkanes) is 20. The Labute approximate surface area is 386 Å². The van der Waals surface area contributed by atoms with Gasteiger partial charge in [-0.2, -0.15) is 0 Å². The third-order valence-corrected chi connectivity index (χ3v) is 14.1. The van der Waals surface area contributed by atoms with Gasteiger partial charge in [0.25, 0.3) is 0 Å². The van der Waals surface area contributed by atoms with Crippen molar-refractivity contribution >= 4 is 11.9 Å². The van der Waals surface area contributed by atoms with Gasteiger partial charge in [0.15, 0.2) is 0 Å². The van der Waals surface area contributed by atoms with E-state index >= 15 is 0 Å². The summed E-state index contributed by atoms with van der Waals surface area (Å²) in [7, 11) is 0. The van der Waals surface area contributed by atoms with E-state index in [9.17, 15) is 14.7 Å². The van der Waals surface area contributed by atoms with Crippen molar-refractivity contribution in [2.75, 3.05) is 46.0 Å². The van der Waals surface area contributed by atoms with Gasteiger partial charge in [0.05, 0.1) is 19.8 Å². The van der Waals surface area contributed by atoms with Crippen LogP contribution in [0.15, 0.2) is 0 Å². The molecule has 0 radical (unpaired) electrons. The Kier molecular flexibility index (Phi) is 41.5. The molecule has 0 bridgehead atoms. The standard InChI is InChI=1S/C55H108N2O5/c1-6-11-15-19-21-27-35-50(33-25-17-13-8-3)48-61-54(59)37-29-23-31-44-56(43-10-5)52-39-41-53(42-40-52)57(46-47-58)45-32-24-30-38-55(60)62-49-51(34-26-18-14-9-4)36-28-22-20-16-12-7-2/h50-53,58H,6-49H2,1-5H3. The zero-order chi connectivity index (χ0) is 45.1. The summed E-state index contributed by atoms with van der Waals surface area (Å²) in [5, 5.41) is 9.94. The molecule has 1 fully saturated rings. The fraction of sp³-hybridized carbons (Fsp3) is 0.964. The Morgan fingerprint density at radius 2 is 0.742 bits per heavy atom. The summed E-state index contributed by atoms with van der Waals surface area (Å²) in [6.45, 7) is 16.8. The van der Waals surface area contributed by atoms with E-state index in [1.807, 2.05) is 0 Å². The number of nitrogens with zero attached hydrogens (tertiary/aromatic N) is 2. The van der Waals surface area contributed by atoms with Gasteiger partial charge in [-0.15, -0.1) is 0 Å². The molecule has 0 aliphatic heterocycles. The highest BCUT2D eigenvalue weighted by Gasteiger charge is 2.28. The third kappa shape index (κ3) is 33.3. The second-order valence-electron chi connectivity index (χ2n) is 19.8. The topological polar surface area (TPSA) is 79.3 Å². The zero-order valence-corrected chi connectivity index (χ0v) is 42.4. The lowest BCUT2D eigenvalue weighted by Crippen LogP contribution is -2.45. The Bertz CT molecular complexity index is 895. The van der Waals surface area contributed by atoms with E-state index in [1.165, 1.54) is 186 Å². The molecule has 62 heavy (non-hydrogen) atoms. The maximum atomic E-state index is 12.7. The van der Waals surface area contributed by atoms with Crippen molar-refractivity contribution in [3.8, 4) is 0 Å². The Morgan fingerprint density at radius 3 is 1.10 bits per heavy atom. The van der Waals surface area contributed by atoms with Crippen molar-refractivity contribution in [3.63, 3.8) is 0 Å². The van der Waals surface area contributed by atoms with Gasteiger partial charge in [-0.1, -0.05) is 176 Å². The van der Waals surface area contributed by atoms with E-state index in [1.54, 1.807) is 0 Å². The maximum Gasteiger partial charge on any atom is 0.305 e. The first-order chi connectivity index (χ1) is 30.4. The fourth-order valence-corrected chi connectivity index (χ4v) is 10.0. The highest BCUT2D eigenvalue weighted by Crippen LogP contribution is 2.28. The first-order valence-electron chi connectivity index (χ1n) is 27.8. The number of rotatable bonds is 46. The number of ether oxygens (including phenoxy) is 2. The van der Waals surface area contributed by atoms with Crippen molar-refractivity contribution < 1.29 is 24.2 Å². The highest BCUT2D eigenvalue weighted by molar-refractivity contribution is 5.69. The summed E-state index contributed by atoms with van der Waals surface area (Å²) in [4.78, 5) is 30.7. The first kappa shape index (κ1) is 58.8. The van der Waals surface area contributed by atoms with E-state index in [0.29, 0.717) is 50.0 Å². The minimum Gasteiger partial charge on any atom is -0.465 e. The normalized spacial score (nSPS) is 16.6. The number of esters is 2. The van der Waals surface area contributed by atoms with Crippen LogP contribution in [-0.2, 0) is 19.1 Å². The zero-order valence-electron chi connectivity index (χ0n) is 42.4. The first-order valence-corrected chi connectivity index (χ1v) is 27.8. The van der Waals surface area contributed by atoms with E-state index < -0.39 is 0 Å². The Hall–Kier alpha value is -1.18. The van der Waals surface area contributed by atoms with Gasteiger partial charge in [0, 0.05) is 31.5 Å². The molecule has 2 unspecified atom stereocenters. The number of aliphatic hydroxyl groups excluding tert-OH is 1. The van der Waals surface area contributed by atoms with Gasteiger partial charge in [0.2, 0.25) is 0 Å². The smallest absolute Gasteiger partial charge is 0.305 e. The number of carbonyl (C=O) groups excluding carboxylic acids is 2. The molecule has 0 aromatic heterocycles. The van der Waals surface area contributed by atoms with Gasteiger partial charge in [0.1, 0.15) is 0 Å². The monoisotopic (exact) mass is 877 g/mol. The summed E-state index contributed by atoms with van der Waals surface area (Å²) in [5.74, 6) is 1.05. The number of hydrogen-bond acceptors (Lipinski definition) is 7. The molecule has 368 valence electrons. The third-order valence-electron chi connectivity index (χ3n) is 14.1. The molecule has 0 aromatic carbocycles. The van der Waals surface area contributed by atoms with Gasteiger partial charge < -0.3 is 19.5 Å². The summed E-state index contributed by atoms with van der Waals surface area (Å²) >= 11 is 0. The molecule has 1 N–H and O–H groups in total. The fourth-order valence-electron chi connectivity index (χ4n) is 10.0. The van der Waals surface area contributed by atoms with Crippen LogP contribution in [0, 0.1) is 11.8 Å². The molecule has 1 saturated carbocycles. The molecule has 2 atom stereocenters. The van der Waals surface area contributed by atoms with Gasteiger partial charge in [-0.05, 0) is 115 Å². The molecule has 0 aromatic rings. The van der Waals surface area contributed by atoms with E-state index in [2.05, 4.69) is 44.4 Å². The van der Waals surface area contributed by atoms with Crippen LogP contribution in [-0.4, -0.2) is 84.9 Å². The van der Waals surface area contributed by atoms with Gasteiger partial charge >= 0.3 is 11.9 Å². The van der Waals surface area contributed by atoms with E-state index in [4.69, 9.17) is 9.47 Å². The predicted molar refractivity (Wildman–Crippen MR) is 266 cm³/mol. The molecular weight excluding hydrogens is 769 g/mol. The number of hydrogen-bond donors (Lipinski definition) is 1. The average molecular weight is 877 g/mol. The molecule has 7 heteroatoms. The van der Waals surface area contributed by atoms with Crippen LogP contribution in [0.5, 0.6) is 0 Å². The van der Waals surface area contributed by atoms with Crippen LogP contribution in [0.3, 0.4) is 0 Å². The lowest BCUT2D eigenvalue weighted by Gasteiger charge is -2.41. The molecule has 0 spiro atoms. The second kappa shape index (κ2) is 43.7. The molecule has 1 aliphatic carbocycles. The van der Waals surface area contributed by atoms with E-state index in [-0.39, 0.29) is 18.5 Å². The van der Waals surface area contributed by atoms with Crippen molar-refractivity contribution in [3.05, 3.63) is 0 Å². The Balaban J connectivity index is 2.37. The molecule has 7 nitrogen and oxygen atoms in total. The number of aliphatic hydroxyl groups is 1. The van der Waals surface area contributed by atoms with Crippen LogP contribution >= 0.6 is 0 Å². The quantitative estimate of drug-likeness (QED) is 0.0482. The summed E-state index contributed by atoms with van der Waals surface area (Å²) in [6.07, 6.45) is 44.2. The SMILES string of the molecule is CCCCCCCCC(CCCCCC)COC(=O)CCCCCN(CCC)C1CCC(N(CCO)CCCCCC(=O)OCC(CCCCCC)CCCCCCCC)CC1. The molecule has 0 amide bonds. The van der Waals surface area contributed by atoms with Gasteiger partial charge in [-0.25, -0.2) is 0 Å². The van der Waals surface area contributed by atoms with Crippen molar-refractivity contribution in [1.29, 1.82) is 0 Å². The lowest BCUT2D eigenvalue weighted by molar-refractivity contribution is -0.146. The van der Waals surface area contributed by atoms with Crippen LogP contribution in [0.4, 0.5) is 0 Å². The van der Waals surface area contributed by atoms with Crippen LogP contribution in [0.25, 0.3) is 0 Å². The summed E-state index contributed by atoms with van der Waals surface area (Å²) < 4.78 is 11.7. The highest BCUT2D eigenvalue weighted by atomic mass is 16.5. The van der Waals surface area contributed by atoms with Crippen LogP contribution < -0.4 is 0 Å². The second-order valence-corrected chi connectivity index (χ2v) is 19.8. The summed E-state index contributed by atoms with van der Waals surface area (Å²) in [5.41, 5.74) is 0. The minimum atomic E-state index is -0.0120. The molecule has 1 aliphatic rings. The molecule has 0 saturated heterocycles. The van der Waals surface area contributed by atoms with Crippen molar-refractivity contribution in [2.24, 2.45) is 11.8 Å². The van der Waals surface area contributed by atoms with E-state index in [0.717, 1.165) is 64.7 Å². The molecule has 1 rings (SSSR count). The van der Waals surface area contributed by atoms with Crippen LogP contribution in [0.1, 0.15) is 272 Å². The van der Waals surface area contributed by atoms with Gasteiger partial charge in [-0.3, -0.25) is 14.5 Å². The number of carbonyl (C=O) groups is 2. The van der Waals surface area contributed by atoms with Crippen molar-refractivity contribution in [1.82, 2.24) is 9.80 Å². The average Bonchev–Trinajstić information content (AvgIpc) is 3.28. The molecular formula is C55H108N2O5. The molecule has 0 heterocycles. The Morgan fingerprint density at radius 1 is 0.419 bits per heavy atom. The lowest BCUT2D eigenvalue weighted by atomic mass is 9.88. The summed E-state index contributed by atoms with van der Waals surface area (Å²) in [6, 6.07) is 1.18. The van der Waals surface area contributed by atoms with Crippen molar-refractivity contribution in [2.45, 2.75) is 284 Å². The minimum absolute atomic E-state index is 0.0102. The van der Waals surface area contributed by atoms with Crippen LogP contribution in [0.2, 0.25) is 0 Å².